The lowest BCUT2D eigenvalue weighted by atomic mass is 9.93. The van der Waals surface area contributed by atoms with Gasteiger partial charge in [-0.3, -0.25) is 4.79 Å². The average molecular weight is 346 g/mol. The fourth-order valence-electron chi connectivity index (χ4n) is 2.60. The minimum absolute atomic E-state index is 0.0404. The van der Waals surface area contributed by atoms with Crippen molar-refractivity contribution in [2.75, 3.05) is 13.7 Å². The van der Waals surface area contributed by atoms with E-state index < -0.39 is 8.32 Å². The van der Waals surface area contributed by atoms with E-state index in [1.165, 1.54) is 5.56 Å². The second-order valence-electron chi connectivity index (χ2n) is 8.27. The van der Waals surface area contributed by atoms with Crippen molar-refractivity contribution in [3.05, 3.63) is 48.0 Å². The maximum Gasteiger partial charge on any atom is 0.230 e. The van der Waals surface area contributed by atoms with Gasteiger partial charge in [-0.05, 0) is 30.1 Å². The van der Waals surface area contributed by atoms with Crippen LogP contribution in [0.4, 0.5) is 0 Å². The van der Waals surface area contributed by atoms with Crippen LogP contribution < -0.4 is 0 Å². The quantitative estimate of drug-likeness (QED) is 0.589. The van der Waals surface area contributed by atoms with E-state index in [1.807, 2.05) is 30.1 Å². The molecule has 3 nitrogen and oxygen atoms in total. The number of likely N-dealkylation sites (N-methyl/N-ethyl adjacent to an activating group) is 1. The number of amides is 1. The molecule has 0 spiro atoms. The van der Waals surface area contributed by atoms with Gasteiger partial charge in [0, 0.05) is 7.05 Å². The number of rotatable bonds is 5. The summed E-state index contributed by atoms with van der Waals surface area (Å²) < 4.78 is 6.30. The van der Waals surface area contributed by atoms with Crippen LogP contribution in [0.25, 0.3) is 0 Å². The van der Waals surface area contributed by atoms with Gasteiger partial charge in [0.05, 0.1) is 18.6 Å². The van der Waals surface area contributed by atoms with Crippen LogP contribution in [0.2, 0.25) is 18.1 Å². The van der Waals surface area contributed by atoms with Gasteiger partial charge < -0.3 is 9.33 Å². The third-order valence-corrected chi connectivity index (χ3v) is 9.95. The Morgan fingerprint density at radius 1 is 1.12 bits per heavy atom. The Balaban J connectivity index is 2.00. The van der Waals surface area contributed by atoms with E-state index in [0.29, 0.717) is 6.61 Å². The molecular formula is C20H31NO2Si. The first kappa shape index (κ1) is 18.9. The third-order valence-electron chi connectivity index (χ3n) is 5.45. The molecule has 1 aliphatic rings. The highest BCUT2D eigenvalue weighted by Crippen LogP contribution is 2.36. The molecule has 2 rings (SSSR count). The van der Waals surface area contributed by atoms with Gasteiger partial charge in [-0.25, -0.2) is 0 Å². The van der Waals surface area contributed by atoms with Gasteiger partial charge in [-0.15, -0.1) is 0 Å². The summed E-state index contributed by atoms with van der Waals surface area (Å²) in [5, 5.41) is 0.184. The first-order valence-corrected chi connectivity index (χ1v) is 11.7. The van der Waals surface area contributed by atoms with Crippen LogP contribution in [0, 0.1) is 5.92 Å². The molecule has 132 valence electrons. The second kappa shape index (κ2) is 7.24. The molecule has 1 aromatic rings. The Labute approximate surface area is 147 Å². The summed E-state index contributed by atoms with van der Waals surface area (Å²) in [6.07, 6.45) is 4.97. The zero-order chi connectivity index (χ0) is 18.0. The summed E-state index contributed by atoms with van der Waals surface area (Å²) in [4.78, 5) is 14.5. The van der Waals surface area contributed by atoms with E-state index in [4.69, 9.17) is 4.43 Å². The maximum atomic E-state index is 12.7. The second-order valence-corrected chi connectivity index (χ2v) is 13.1. The van der Waals surface area contributed by atoms with Gasteiger partial charge in [0.1, 0.15) is 0 Å². The van der Waals surface area contributed by atoms with E-state index in [0.717, 1.165) is 6.42 Å². The van der Waals surface area contributed by atoms with Crippen LogP contribution in [0.15, 0.2) is 42.5 Å². The van der Waals surface area contributed by atoms with E-state index in [2.05, 4.69) is 58.2 Å². The monoisotopic (exact) mass is 345 g/mol. The molecule has 0 aliphatic carbocycles. The molecule has 1 aromatic carbocycles. The summed E-state index contributed by atoms with van der Waals surface area (Å²) >= 11 is 0. The van der Waals surface area contributed by atoms with Gasteiger partial charge in [-0.1, -0.05) is 63.3 Å². The SMILES string of the molecule is CN1C(=O)[C@H](Cc2ccccc2)C=C[C@@H]1CO[Si](C)(C)C(C)(C)C. The standard InChI is InChI=1S/C20H31NO2Si/c1-20(2,3)24(5,6)23-15-18-13-12-17(19(22)21(18)4)14-16-10-8-7-9-11-16/h7-13,17-18H,14-15H2,1-6H3/t17-,18+/m0/s1. The van der Waals surface area contributed by atoms with E-state index >= 15 is 0 Å². The molecule has 0 fully saturated rings. The van der Waals surface area contributed by atoms with Crippen molar-refractivity contribution >= 4 is 14.2 Å². The van der Waals surface area contributed by atoms with Crippen molar-refractivity contribution < 1.29 is 9.22 Å². The molecule has 0 saturated carbocycles. The van der Waals surface area contributed by atoms with E-state index in [1.54, 1.807) is 0 Å². The Hall–Kier alpha value is -1.39. The van der Waals surface area contributed by atoms with Crippen molar-refractivity contribution in [3.63, 3.8) is 0 Å². The van der Waals surface area contributed by atoms with Gasteiger partial charge in [0.2, 0.25) is 5.91 Å². The topological polar surface area (TPSA) is 29.5 Å². The summed E-state index contributed by atoms with van der Waals surface area (Å²) in [6.45, 7) is 11.8. The van der Waals surface area contributed by atoms with Crippen LogP contribution in [-0.4, -0.2) is 38.8 Å². The molecule has 0 saturated heterocycles. The number of nitrogens with zero attached hydrogens (tertiary/aromatic N) is 1. The number of benzene rings is 1. The molecule has 0 unspecified atom stereocenters. The molecule has 0 N–H and O–H groups in total. The molecule has 0 radical (unpaired) electrons. The number of carbonyl (C=O) groups is 1. The molecule has 1 amide bonds. The molecule has 2 atom stereocenters. The highest BCUT2D eigenvalue weighted by atomic mass is 28.4. The van der Waals surface area contributed by atoms with Crippen LogP contribution in [-0.2, 0) is 15.6 Å². The normalized spacial score (nSPS) is 22.1. The average Bonchev–Trinajstić information content (AvgIpc) is 2.51. The molecule has 4 heteroatoms. The largest absolute Gasteiger partial charge is 0.414 e. The van der Waals surface area contributed by atoms with Crippen molar-refractivity contribution in [3.8, 4) is 0 Å². The predicted molar refractivity (Wildman–Crippen MR) is 102 cm³/mol. The fourth-order valence-corrected chi connectivity index (χ4v) is 3.62. The Kier molecular flexibility index (Phi) is 5.71. The van der Waals surface area contributed by atoms with Crippen LogP contribution in [0.5, 0.6) is 0 Å². The predicted octanol–water partition coefficient (Wildman–Crippen LogP) is 4.26. The Morgan fingerprint density at radius 2 is 1.75 bits per heavy atom. The molecule has 1 heterocycles. The van der Waals surface area contributed by atoms with Crippen molar-refractivity contribution in [2.24, 2.45) is 5.92 Å². The molecule has 0 aromatic heterocycles. The fraction of sp³-hybridized carbons (Fsp3) is 0.550. The Bertz CT molecular complexity index is 589. The lowest BCUT2D eigenvalue weighted by molar-refractivity contribution is -0.135. The van der Waals surface area contributed by atoms with Crippen molar-refractivity contribution in [2.45, 2.75) is 51.4 Å². The molecule has 24 heavy (non-hydrogen) atoms. The van der Waals surface area contributed by atoms with Gasteiger partial charge in [0.15, 0.2) is 8.32 Å². The summed E-state index contributed by atoms with van der Waals surface area (Å²) in [5.74, 6) is 0.117. The van der Waals surface area contributed by atoms with Crippen molar-refractivity contribution in [1.82, 2.24) is 4.90 Å². The van der Waals surface area contributed by atoms with E-state index in [9.17, 15) is 4.79 Å². The highest BCUT2D eigenvalue weighted by Gasteiger charge is 2.38. The van der Waals surface area contributed by atoms with Crippen LogP contribution in [0.1, 0.15) is 26.3 Å². The number of hydrogen-bond donors (Lipinski definition) is 0. The van der Waals surface area contributed by atoms with E-state index in [-0.39, 0.29) is 22.9 Å². The van der Waals surface area contributed by atoms with Gasteiger partial charge in [0.25, 0.3) is 0 Å². The maximum absolute atomic E-state index is 12.7. The van der Waals surface area contributed by atoms with Gasteiger partial charge in [-0.2, -0.15) is 0 Å². The van der Waals surface area contributed by atoms with Gasteiger partial charge >= 0.3 is 0 Å². The van der Waals surface area contributed by atoms with Crippen molar-refractivity contribution in [1.29, 1.82) is 0 Å². The minimum Gasteiger partial charge on any atom is -0.414 e. The molecule has 1 aliphatic heterocycles. The Morgan fingerprint density at radius 3 is 2.33 bits per heavy atom. The molecule has 0 bridgehead atoms. The number of hydrogen-bond acceptors (Lipinski definition) is 2. The van der Waals surface area contributed by atoms with Crippen LogP contribution >= 0.6 is 0 Å². The number of carbonyl (C=O) groups excluding carboxylic acids is 1. The summed E-state index contributed by atoms with van der Waals surface area (Å²) in [6, 6.07) is 10.2. The summed E-state index contributed by atoms with van der Waals surface area (Å²) in [7, 11) is 0.102. The lowest BCUT2D eigenvalue weighted by Gasteiger charge is -2.39. The molecular weight excluding hydrogens is 314 g/mol. The summed E-state index contributed by atoms with van der Waals surface area (Å²) in [5.41, 5.74) is 1.20. The van der Waals surface area contributed by atoms with Crippen LogP contribution in [0.3, 0.4) is 0 Å². The zero-order valence-electron chi connectivity index (χ0n) is 15.9. The third kappa shape index (κ3) is 4.36. The minimum atomic E-state index is -1.79. The first-order chi connectivity index (χ1) is 11.1. The lowest BCUT2D eigenvalue weighted by Crippen LogP contribution is -2.49. The smallest absolute Gasteiger partial charge is 0.230 e. The zero-order valence-corrected chi connectivity index (χ0v) is 16.9. The highest BCUT2D eigenvalue weighted by molar-refractivity contribution is 6.74. The first-order valence-electron chi connectivity index (χ1n) is 8.75.